The molecule has 2 heterocycles. The van der Waals surface area contributed by atoms with Gasteiger partial charge in [0.25, 0.3) is 0 Å². The van der Waals surface area contributed by atoms with Crippen molar-refractivity contribution in [1.29, 1.82) is 0 Å². The molecule has 0 amide bonds. The number of hydrogen-bond acceptors (Lipinski definition) is 3. The highest BCUT2D eigenvalue weighted by Gasteiger charge is 2.03. The zero-order valence-corrected chi connectivity index (χ0v) is 12.2. The van der Waals surface area contributed by atoms with Gasteiger partial charge in [-0.25, -0.2) is 4.39 Å². The molecule has 0 bridgehead atoms. The van der Waals surface area contributed by atoms with Crippen LogP contribution in [0.3, 0.4) is 0 Å². The molecular formula is C18H15FN2O2. The third-order valence-corrected chi connectivity index (χ3v) is 3.46. The number of aromatic nitrogens is 2. The lowest BCUT2D eigenvalue weighted by molar-refractivity contribution is 0.379. The third-order valence-electron chi connectivity index (χ3n) is 3.46. The van der Waals surface area contributed by atoms with Crippen molar-refractivity contribution in [2.24, 2.45) is 0 Å². The van der Waals surface area contributed by atoms with E-state index in [1.54, 1.807) is 18.3 Å². The minimum absolute atomic E-state index is 0.0110. The van der Waals surface area contributed by atoms with Gasteiger partial charge in [0.2, 0.25) is 0 Å². The van der Waals surface area contributed by atoms with Crippen molar-refractivity contribution >= 4 is 6.08 Å². The van der Waals surface area contributed by atoms with Gasteiger partial charge in [-0.2, -0.15) is 0 Å². The average Bonchev–Trinajstić information content (AvgIpc) is 2.88. The molecule has 0 unspecified atom stereocenters. The van der Waals surface area contributed by atoms with Gasteiger partial charge in [0, 0.05) is 30.4 Å². The minimum Gasteiger partial charge on any atom is -0.494 e. The van der Waals surface area contributed by atoms with Crippen molar-refractivity contribution in [2.45, 2.75) is 6.54 Å². The smallest absolute Gasteiger partial charge is 0.194 e. The van der Waals surface area contributed by atoms with Crippen LogP contribution in [0.5, 0.6) is 11.8 Å². The molecule has 0 saturated carbocycles. The van der Waals surface area contributed by atoms with Crippen molar-refractivity contribution in [3.05, 3.63) is 72.2 Å². The van der Waals surface area contributed by atoms with Crippen LogP contribution in [-0.2, 0) is 6.54 Å². The fourth-order valence-electron chi connectivity index (χ4n) is 2.22. The van der Waals surface area contributed by atoms with E-state index in [0.717, 1.165) is 16.8 Å². The molecule has 2 N–H and O–H groups in total. The van der Waals surface area contributed by atoms with E-state index in [1.165, 1.54) is 28.8 Å². The number of hydrogen-bond donors (Lipinski definition) is 2. The Labute approximate surface area is 132 Å². The summed E-state index contributed by atoms with van der Waals surface area (Å²) in [4.78, 5) is 4.35. The molecule has 0 atom stereocenters. The molecule has 5 heteroatoms. The summed E-state index contributed by atoms with van der Waals surface area (Å²) in [6.45, 7) is 0.352. The van der Waals surface area contributed by atoms with Crippen LogP contribution in [0, 0.1) is 5.82 Å². The normalized spacial score (nSPS) is 11.2. The van der Waals surface area contributed by atoms with E-state index in [0.29, 0.717) is 6.54 Å². The van der Waals surface area contributed by atoms with E-state index in [1.807, 2.05) is 24.3 Å². The highest BCUT2D eigenvalue weighted by molar-refractivity contribution is 5.60. The van der Waals surface area contributed by atoms with Crippen molar-refractivity contribution in [3.63, 3.8) is 0 Å². The van der Waals surface area contributed by atoms with Crippen molar-refractivity contribution in [3.8, 4) is 23.0 Å². The maximum absolute atomic E-state index is 12.9. The molecular weight excluding hydrogens is 295 g/mol. The molecule has 0 saturated heterocycles. The summed E-state index contributed by atoms with van der Waals surface area (Å²) in [7, 11) is 0. The SMILES string of the molecule is Oc1ccc(O)n1CC=Cc1ccc(-c2ccc(F)cc2)nc1. The Bertz CT molecular complexity index is 802. The first kappa shape index (κ1) is 14.8. The van der Waals surface area contributed by atoms with Gasteiger partial charge in [0.1, 0.15) is 5.82 Å². The summed E-state index contributed by atoms with van der Waals surface area (Å²) in [6.07, 6.45) is 5.37. The summed E-state index contributed by atoms with van der Waals surface area (Å²) in [5, 5.41) is 19.1. The lowest BCUT2D eigenvalue weighted by Crippen LogP contribution is -1.92. The quantitative estimate of drug-likeness (QED) is 0.770. The Balaban J connectivity index is 1.70. The fraction of sp³-hybridized carbons (Fsp3) is 0.0556. The van der Waals surface area contributed by atoms with Gasteiger partial charge in [-0.3, -0.25) is 9.55 Å². The summed E-state index contributed by atoms with van der Waals surface area (Å²) in [5.74, 6) is -0.251. The van der Waals surface area contributed by atoms with Crippen LogP contribution in [0.1, 0.15) is 5.56 Å². The first-order valence-corrected chi connectivity index (χ1v) is 7.09. The monoisotopic (exact) mass is 310 g/mol. The van der Waals surface area contributed by atoms with E-state index in [2.05, 4.69) is 4.98 Å². The van der Waals surface area contributed by atoms with Gasteiger partial charge in [-0.15, -0.1) is 0 Å². The first-order valence-electron chi connectivity index (χ1n) is 7.09. The molecule has 2 aromatic heterocycles. The number of benzene rings is 1. The van der Waals surface area contributed by atoms with Gasteiger partial charge in [-0.05, 0) is 35.9 Å². The van der Waals surface area contributed by atoms with E-state index in [9.17, 15) is 14.6 Å². The molecule has 116 valence electrons. The molecule has 0 aliphatic rings. The van der Waals surface area contributed by atoms with Crippen LogP contribution >= 0.6 is 0 Å². The summed E-state index contributed by atoms with van der Waals surface area (Å²) in [6, 6.07) is 12.8. The van der Waals surface area contributed by atoms with E-state index < -0.39 is 0 Å². The molecule has 4 nitrogen and oxygen atoms in total. The number of halogens is 1. The van der Waals surface area contributed by atoms with Crippen molar-refractivity contribution in [1.82, 2.24) is 9.55 Å². The first-order chi connectivity index (χ1) is 11.1. The lowest BCUT2D eigenvalue weighted by atomic mass is 10.1. The van der Waals surface area contributed by atoms with Gasteiger partial charge in [-0.1, -0.05) is 18.2 Å². The predicted molar refractivity (Wildman–Crippen MR) is 86.4 cm³/mol. The number of nitrogens with zero attached hydrogens (tertiary/aromatic N) is 2. The van der Waals surface area contributed by atoms with Gasteiger partial charge < -0.3 is 10.2 Å². The lowest BCUT2D eigenvalue weighted by Gasteiger charge is -2.03. The Morgan fingerprint density at radius 2 is 1.65 bits per heavy atom. The Morgan fingerprint density at radius 1 is 0.957 bits per heavy atom. The summed E-state index contributed by atoms with van der Waals surface area (Å²) in [5.41, 5.74) is 2.51. The molecule has 1 aromatic carbocycles. The molecule has 23 heavy (non-hydrogen) atoms. The van der Waals surface area contributed by atoms with Crippen molar-refractivity contribution < 1.29 is 14.6 Å². The Hall–Kier alpha value is -3.08. The average molecular weight is 310 g/mol. The minimum atomic E-state index is -0.273. The third kappa shape index (κ3) is 3.40. The van der Waals surface area contributed by atoms with Crippen LogP contribution in [-0.4, -0.2) is 19.8 Å². The molecule has 0 aliphatic carbocycles. The predicted octanol–water partition coefficient (Wildman–Crippen LogP) is 3.81. The van der Waals surface area contributed by atoms with E-state index in [4.69, 9.17) is 0 Å². The zero-order valence-electron chi connectivity index (χ0n) is 12.2. The molecule has 0 fully saturated rings. The molecule has 0 radical (unpaired) electrons. The van der Waals surface area contributed by atoms with Crippen molar-refractivity contribution in [2.75, 3.05) is 0 Å². The second kappa shape index (κ2) is 6.36. The van der Waals surface area contributed by atoms with Crippen LogP contribution in [0.25, 0.3) is 17.3 Å². The molecule has 3 rings (SSSR count). The fourth-order valence-corrected chi connectivity index (χ4v) is 2.22. The van der Waals surface area contributed by atoms with Crippen LogP contribution < -0.4 is 0 Å². The summed E-state index contributed by atoms with van der Waals surface area (Å²) >= 11 is 0. The standard InChI is InChI=1S/C18H15FN2O2/c19-15-6-4-14(5-7-15)16-8-3-13(12-20-16)2-1-11-21-17(22)9-10-18(21)23/h1-10,12,22-23H,11H2. The maximum Gasteiger partial charge on any atom is 0.194 e. The largest absolute Gasteiger partial charge is 0.494 e. The van der Waals surface area contributed by atoms with Crippen LogP contribution in [0.4, 0.5) is 4.39 Å². The maximum atomic E-state index is 12.9. The van der Waals surface area contributed by atoms with Crippen LogP contribution in [0.15, 0.2) is 60.8 Å². The summed E-state index contributed by atoms with van der Waals surface area (Å²) < 4.78 is 14.3. The molecule has 0 spiro atoms. The number of pyridine rings is 1. The second-order valence-corrected chi connectivity index (χ2v) is 5.05. The molecule has 0 aliphatic heterocycles. The van der Waals surface area contributed by atoms with Gasteiger partial charge >= 0.3 is 0 Å². The number of rotatable bonds is 4. The Kier molecular flexibility index (Phi) is 4.10. The highest BCUT2D eigenvalue weighted by Crippen LogP contribution is 2.21. The number of allylic oxidation sites excluding steroid dienone is 1. The Morgan fingerprint density at radius 3 is 2.26 bits per heavy atom. The van der Waals surface area contributed by atoms with Gasteiger partial charge in [0.15, 0.2) is 11.8 Å². The van der Waals surface area contributed by atoms with E-state index in [-0.39, 0.29) is 17.6 Å². The second-order valence-electron chi connectivity index (χ2n) is 5.05. The van der Waals surface area contributed by atoms with Crippen LogP contribution in [0.2, 0.25) is 0 Å². The number of aromatic hydroxyl groups is 2. The highest BCUT2D eigenvalue weighted by atomic mass is 19.1. The zero-order chi connectivity index (χ0) is 16.2. The van der Waals surface area contributed by atoms with E-state index >= 15 is 0 Å². The topological polar surface area (TPSA) is 58.3 Å². The van der Waals surface area contributed by atoms with Gasteiger partial charge in [0.05, 0.1) is 5.69 Å². The molecule has 3 aromatic rings.